The molecule has 0 bridgehead atoms. The van der Waals surface area contributed by atoms with E-state index in [0.717, 1.165) is 42.4 Å². The fourth-order valence-electron chi connectivity index (χ4n) is 3.24. The van der Waals surface area contributed by atoms with Crippen LogP contribution in [0.4, 0.5) is 4.79 Å². The first-order valence-electron chi connectivity index (χ1n) is 26.1. The summed E-state index contributed by atoms with van der Waals surface area (Å²) in [6, 6.07) is 0. The van der Waals surface area contributed by atoms with Gasteiger partial charge >= 0.3 is 1360 Å². The van der Waals surface area contributed by atoms with E-state index >= 15 is 0 Å². The van der Waals surface area contributed by atoms with Crippen molar-refractivity contribution in [3.8, 4) is 0 Å². The van der Waals surface area contributed by atoms with Crippen molar-refractivity contribution >= 4 is 1370 Å². The van der Waals surface area contributed by atoms with E-state index in [4.69, 9.17) is 20.1 Å². The molecule has 10 nitrogen and oxygen atoms in total. The predicted molar refractivity (Wildman–Crippen MR) is 1550 cm³/mol. The number of nitrogens with zero attached hydrogens (tertiary/aromatic N) is 1. The van der Waals surface area contributed by atoms with Crippen LogP contribution in [-0.4, -0.2) is 89.8 Å². The van der Waals surface area contributed by atoms with Crippen LogP contribution in [-0.2, 0) is 24.5 Å². The molecule has 0 aromatic rings. The molecular formula is C27H56Cl2I99N2O8S-. The monoisotopic (exact) mass is 13200 g/mol. The van der Waals surface area contributed by atoms with Gasteiger partial charge < -0.3 is 30.7 Å². The first kappa shape index (κ1) is 227. The molecule has 0 unspecified atom stereocenters. The van der Waals surface area contributed by atoms with Gasteiger partial charge in [-0.25, -0.2) is 4.79 Å². The minimum absolute atomic E-state index is 0. The Labute approximate surface area is 1520 Å². The van der Waals surface area contributed by atoms with E-state index in [1.807, 2.05) is 0 Å². The first-order chi connectivity index (χ1) is 62.6. The molecule has 0 atom stereocenters. The van der Waals surface area contributed by atoms with Crippen LogP contribution < -0.4 is 19.0 Å². The number of amides is 1. The van der Waals surface area contributed by atoms with Gasteiger partial charge in [0.1, 0.15) is 5.60 Å². The Hall–Kier alpha value is 71.0. The number of rotatable bonds is 53. The summed E-state index contributed by atoms with van der Waals surface area (Å²) in [7, 11) is -18.7. The first-order valence-corrected chi connectivity index (χ1v) is 631. The van der Waals surface area contributed by atoms with Crippen LogP contribution >= 0.6 is 1360 Å². The van der Waals surface area contributed by atoms with Gasteiger partial charge in [0.15, 0.2) is 0 Å². The molecule has 1 amide bonds. The van der Waals surface area contributed by atoms with Gasteiger partial charge in [-0.2, -0.15) is 4.21 Å². The average molecular weight is 13200 g/mol. The van der Waals surface area contributed by atoms with Gasteiger partial charge in [-0.1, -0.05) is 64.2 Å². The van der Waals surface area contributed by atoms with Crippen LogP contribution in [0.5, 0.6) is 0 Å². The van der Waals surface area contributed by atoms with Crippen molar-refractivity contribution < 1.29 is 50.7 Å². The molecule has 1 saturated heterocycles. The second-order valence-corrected chi connectivity index (χ2v) is 2280. The van der Waals surface area contributed by atoms with Gasteiger partial charge in [-0.05, 0) is 51.8 Å². The summed E-state index contributed by atoms with van der Waals surface area (Å²) in [6.07, 6.45) is 3.67. The molecule has 1 aliphatic heterocycles. The number of hydrogen-bond acceptors (Lipinski definition) is 9. The molecule has 139 heavy (non-hydrogen) atoms. The third-order valence-corrected chi connectivity index (χ3v) is 7200. The van der Waals surface area contributed by atoms with Crippen LogP contribution in [0.2, 0.25) is 0 Å². The van der Waals surface area contributed by atoms with Crippen LogP contribution in [0, 0.1) is 0 Å². The zero-order valence-corrected chi connectivity index (χ0v) is 279. The third kappa shape index (κ3) is 114. The maximum atomic E-state index is 11.4. The van der Waals surface area contributed by atoms with Crippen molar-refractivity contribution in [2.75, 3.05) is 53.7 Å². The Morgan fingerprint density at radius 1 is 0.331 bits per heavy atom. The number of aliphatic hydroxyl groups is 3. The molecule has 5 N–H and O–H groups in total. The van der Waals surface area contributed by atoms with Crippen molar-refractivity contribution in [3.05, 3.63) is 48.6 Å². The summed E-state index contributed by atoms with van der Waals surface area (Å²) < 4.78 is 24.4. The standard InChI is InChI=1S/C10H19NO3.2C6H12O.C4H6O3S.CH5N.2ClH.I34.I33.I32/c1-8(7-12)6-11(5)9(13)14-10(2,3)4;2*1-3-4-6(2)5-7;1-4-2-6-8(5)7-3-4;1-2;;;1-19(2)21(5)23(7)25(9)27(11)29(13)31(15)33(17)34(18)32(16)30(14)28(12)26(10)24(8)22(6)20(3)4;1-18-20(4)22(6)24(8)26(10)28(12)30(14)32(16)33(17)31(15)29(13)27(11)25(9)23(7)21(5)19(2)3;1-18(2)20(5)22(7)24(9)26(11)28(13)30(15)32(17)31(16)29(14)27(12)25(10)23(8)21(6)19(3)4/h12H,1,6-7H2,2-5H3;2*7H,2-5H2,1H3;1-3H2;2H2,1H3;2*1H;;;/q;;;;;;;;-1;. The molecule has 0 radical (unpaired) electrons. The molecule has 1 rings (SSSR count). The maximum absolute atomic E-state index is 11.4. The number of halogens is 101. The average Bonchev–Trinajstić information content (AvgIpc) is 0.833. The molecule has 1 heterocycles. The molecule has 936 valence electrons. The Morgan fingerprint density at radius 2 is 0.475 bits per heavy atom. The van der Waals surface area contributed by atoms with Crippen molar-refractivity contribution in [1.82, 2.24) is 4.90 Å². The second kappa shape index (κ2) is 145. The van der Waals surface area contributed by atoms with Gasteiger partial charge in [0.2, 0.25) is 0 Å². The number of carbonyl (C=O) groups is 1. The predicted octanol–water partition coefficient (Wildman–Crippen LogP) is 88.5. The van der Waals surface area contributed by atoms with Gasteiger partial charge in [0.25, 0.3) is 0 Å². The normalized spacial score (nSPS) is 16.6. The van der Waals surface area contributed by atoms with Crippen LogP contribution in [0.1, 0.15) is 60.3 Å². The van der Waals surface area contributed by atoms with Crippen molar-refractivity contribution in [2.45, 2.75) is 65.9 Å². The fourth-order valence-corrected chi connectivity index (χ4v) is 17000. The molecular weight excluding hydrogens is 13100 g/mol. The van der Waals surface area contributed by atoms with E-state index in [9.17, 15) is 9.00 Å². The van der Waals surface area contributed by atoms with Crippen LogP contribution in [0.3, 0.4) is 0 Å². The topological polar surface area (TPSA) is 152 Å². The van der Waals surface area contributed by atoms with Gasteiger partial charge in [-0.3, -0.25) is 8.37 Å². The van der Waals surface area contributed by atoms with E-state index in [0.29, 0.717) is 38.6 Å². The van der Waals surface area contributed by atoms with Crippen molar-refractivity contribution in [2.24, 2.45) is 5.73 Å². The molecule has 0 spiro atoms. The number of ether oxygens (including phenoxy) is 1. The zero-order chi connectivity index (χ0) is 110. The molecule has 0 saturated carbocycles. The number of aliphatic hydroxyl groups excluding tert-OH is 3. The van der Waals surface area contributed by atoms with Crippen molar-refractivity contribution in [1.29, 1.82) is 0 Å². The fraction of sp³-hybridized carbons (Fsp3) is 0.667. The molecule has 0 aliphatic carbocycles. The van der Waals surface area contributed by atoms with Crippen LogP contribution in [0.25, 0.3) is 0 Å². The Bertz CT molecular complexity index is 3000. The summed E-state index contributed by atoms with van der Waals surface area (Å²) in [5.41, 5.74) is 7.28. The summed E-state index contributed by atoms with van der Waals surface area (Å²) in [5.74, 6) is 0. The van der Waals surface area contributed by atoms with E-state index < -0.39 is 378 Å². The number of carbonyl (C=O) groups excluding carboxylic acids is 1. The zero-order valence-electron chi connectivity index (χ0n) is 63.0. The number of likely N-dealkylation sites (N-methyl/N-ethyl adjacent to an activating group) is 1. The Morgan fingerprint density at radius 3 is 0.583 bits per heavy atom. The van der Waals surface area contributed by atoms with E-state index in [-0.39, 0.29) is 52.5 Å². The quantitative estimate of drug-likeness (QED) is 0.0345. The molecule has 112 heteroatoms. The Kier molecular flexibility index (Phi) is 236. The SMILES string of the molecule is C=C(CO)CCC.C=C(CO)CCC.C=C(CO)CN(C)C(=O)OC(C)(C)C.C=C1COS(=O)OC1.CN.Cl.Cl.II(I)I(I)I(I)I(I)I(I)I(I)I(I)I(I)I(I)I(I)I(I)I(I)I(I)I(I)I(I)I.II(I)I(I)I(I)I(I)I(I)I(I)I(I)I(I)I(I)I(I)I(I)I(I)I(I)I(I)I(I)I(I)I.I[I-]I(I)I(I)I(I)I(I)I(I)I(I)I(I)I(I)I(I)I(I)I(I)I(I)I(I)I(I)I(I)I. The Balaban J connectivity index is -0.000000217. The summed E-state index contributed by atoms with van der Waals surface area (Å²) in [6.45, 7) is 25.1. The van der Waals surface area contributed by atoms with Crippen molar-refractivity contribution in [3.63, 3.8) is 0 Å². The summed E-state index contributed by atoms with van der Waals surface area (Å²) in [5, 5.41) is 25.5. The molecule has 0 aromatic carbocycles. The van der Waals surface area contributed by atoms with Gasteiger partial charge in [0.05, 0.1) is 33.0 Å². The second-order valence-electron chi connectivity index (χ2n) is 16.5. The molecule has 1 fully saturated rings. The van der Waals surface area contributed by atoms with Crippen LogP contribution in [0.15, 0.2) is 48.6 Å². The summed E-state index contributed by atoms with van der Waals surface area (Å²) >= 11 is 164. The minimum atomic E-state index is -1.52. The van der Waals surface area contributed by atoms with E-state index in [2.05, 4.69) is 1020 Å². The van der Waals surface area contributed by atoms with E-state index in [1.54, 1.807) is 27.8 Å². The van der Waals surface area contributed by atoms with Gasteiger partial charge in [-0.15, -0.1) is 24.8 Å². The third-order valence-electron chi connectivity index (χ3n) is 7.31. The molecule has 1 aliphatic rings. The number of hydrogen-bond donors (Lipinski definition) is 4. The number of nitrogens with two attached hydrogens (primary N) is 1. The summed E-state index contributed by atoms with van der Waals surface area (Å²) in [4.78, 5) is 12.8. The molecule has 0 aromatic heterocycles. The van der Waals surface area contributed by atoms with Gasteiger partial charge in [0, 0.05) is 13.6 Å². The van der Waals surface area contributed by atoms with E-state index in [1.165, 1.54) is 11.9 Å².